The number of anilines is 1. The molecule has 1 aliphatic rings. The third-order valence-corrected chi connectivity index (χ3v) is 4.74. The summed E-state index contributed by atoms with van der Waals surface area (Å²) in [4.78, 5) is 12.6. The summed E-state index contributed by atoms with van der Waals surface area (Å²) in [5.41, 5.74) is 0.707. The van der Waals surface area contributed by atoms with E-state index in [-0.39, 0.29) is 12.0 Å². The van der Waals surface area contributed by atoms with Crippen molar-refractivity contribution in [3.05, 3.63) is 45.6 Å². The molecule has 1 aromatic heterocycles. The molecule has 1 N–H and O–H groups in total. The number of hydrogen-bond acceptors (Lipinski definition) is 4. The van der Waals surface area contributed by atoms with E-state index in [2.05, 4.69) is 5.32 Å². The molecule has 6 heteroatoms. The maximum atomic E-state index is 12.0. The van der Waals surface area contributed by atoms with Crippen LogP contribution in [0.3, 0.4) is 0 Å². The van der Waals surface area contributed by atoms with E-state index in [0.29, 0.717) is 22.2 Å². The number of nitrogens with one attached hydrogen (secondary N) is 1. The van der Waals surface area contributed by atoms with Crippen LogP contribution in [0.1, 0.15) is 22.5 Å². The number of hydrogen-bond donors (Lipinski definition) is 1. The first-order valence-electron chi connectivity index (χ1n) is 7.11. The Kier molecular flexibility index (Phi) is 4.97. The molecule has 116 valence electrons. The zero-order chi connectivity index (χ0) is 15.4. The monoisotopic (exact) mass is 337 g/mol. The van der Waals surface area contributed by atoms with Gasteiger partial charge in [0, 0.05) is 12.3 Å². The molecule has 0 spiro atoms. The lowest BCUT2D eigenvalue weighted by Gasteiger charge is -2.12. The van der Waals surface area contributed by atoms with Crippen molar-refractivity contribution >= 4 is 34.5 Å². The Labute approximate surface area is 138 Å². The molecule has 2 aromatic rings. The van der Waals surface area contributed by atoms with Crippen LogP contribution in [0.2, 0.25) is 5.02 Å². The average Bonchev–Trinajstić information content (AvgIpc) is 3.18. The van der Waals surface area contributed by atoms with Crippen molar-refractivity contribution in [1.82, 2.24) is 0 Å². The second-order valence-electron chi connectivity index (χ2n) is 5.02. The Bertz CT molecular complexity index is 635. The second-order valence-corrected chi connectivity index (χ2v) is 6.35. The fraction of sp³-hybridized carbons (Fsp3) is 0.312. The van der Waals surface area contributed by atoms with E-state index in [1.165, 1.54) is 11.3 Å². The number of ether oxygens (including phenoxy) is 2. The fourth-order valence-corrected chi connectivity index (χ4v) is 3.28. The van der Waals surface area contributed by atoms with Crippen molar-refractivity contribution in [2.75, 3.05) is 18.5 Å². The van der Waals surface area contributed by atoms with Crippen molar-refractivity contribution in [2.24, 2.45) is 0 Å². The maximum absolute atomic E-state index is 12.0. The highest BCUT2D eigenvalue weighted by Gasteiger charge is 2.16. The van der Waals surface area contributed by atoms with Crippen LogP contribution in [0, 0.1) is 0 Å². The molecule has 0 saturated carbocycles. The van der Waals surface area contributed by atoms with Gasteiger partial charge in [0.1, 0.15) is 17.2 Å². The van der Waals surface area contributed by atoms with Gasteiger partial charge in [-0.1, -0.05) is 11.6 Å². The van der Waals surface area contributed by atoms with Crippen molar-refractivity contribution in [3.8, 4) is 5.75 Å². The van der Waals surface area contributed by atoms with Gasteiger partial charge in [0.05, 0.1) is 11.1 Å². The van der Waals surface area contributed by atoms with Crippen LogP contribution in [0.4, 0.5) is 5.69 Å². The molecule has 0 radical (unpaired) electrons. The minimum Gasteiger partial charge on any atom is -0.491 e. The van der Waals surface area contributed by atoms with Crippen LogP contribution < -0.4 is 10.1 Å². The summed E-state index contributed by atoms with van der Waals surface area (Å²) in [6.45, 7) is 1.39. The molecule has 2 heterocycles. The van der Waals surface area contributed by atoms with E-state index in [1.807, 2.05) is 24.3 Å². The summed E-state index contributed by atoms with van der Waals surface area (Å²) < 4.78 is 11.2. The molecular formula is C16H16ClNO3S. The highest BCUT2D eigenvalue weighted by molar-refractivity contribution is 7.12. The zero-order valence-electron chi connectivity index (χ0n) is 11.9. The third kappa shape index (κ3) is 3.80. The van der Waals surface area contributed by atoms with Gasteiger partial charge in [-0.05, 0) is 48.6 Å². The maximum Gasteiger partial charge on any atom is 0.267 e. The van der Waals surface area contributed by atoms with Crippen LogP contribution in [0.15, 0.2) is 35.7 Å². The largest absolute Gasteiger partial charge is 0.491 e. The summed E-state index contributed by atoms with van der Waals surface area (Å²) in [6, 6.07) is 9.00. The topological polar surface area (TPSA) is 47.6 Å². The molecule has 1 unspecified atom stereocenters. The molecule has 1 aliphatic heterocycles. The summed E-state index contributed by atoms with van der Waals surface area (Å²) in [5, 5.41) is 5.08. The van der Waals surface area contributed by atoms with Crippen LogP contribution in [-0.2, 0) is 4.74 Å². The number of amides is 1. The normalized spacial score (nSPS) is 17.4. The van der Waals surface area contributed by atoms with Crippen molar-refractivity contribution < 1.29 is 14.3 Å². The number of carbonyl (C=O) groups excluding carboxylic acids is 1. The van der Waals surface area contributed by atoms with E-state index >= 15 is 0 Å². The van der Waals surface area contributed by atoms with Crippen LogP contribution in [0.5, 0.6) is 5.75 Å². The summed E-state index contributed by atoms with van der Waals surface area (Å²) >= 11 is 7.27. The Morgan fingerprint density at radius 2 is 2.18 bits per heavy atom. The number of benzene rings is 1. The predicted octanol–water partition coefficient (Wildman–Crippen LogP) is 4.21. The van der Waals surface area contributed by atoms with Gasteiger partial charge in [0.25, 0.3) is 5.91 Å². The average molecular weight is 338 g/mol. The molecule has 1 atom stereocenters. The number of thiophene rings is 1. The van der Waals surface area contributed by atoms with Gasteiger partial charge in [-0.3, -0.25) is 4.79 Å². The SMILES string of the molecule is O=C(Nc1ccc(OCC2CCCO2)cc1)c1sccc1Cl. The molecule has 1 fully saturated rings. The van der Waals surface area contributed by atoms with Gasteiger partial charge in [0.2, 0.25) is 0 Å². The fourth-order valence-electron chi connectivity index (χ4n) is 2.24. The first kappa shape index (κ1) is 15.3. The first-order chi connectivity index (χ1) is 10.7. The molecule has 4 nitrogen and oxygen atoms in total. The number of carbonyl (C=O) groups is 1. The molecule has 1 amide bonds. The van der Waals surface area contributed by atoms with E-state index in [0.717, 1.165) is 25.2 Å². The molecule has 1 aromatic carbocycles. The van der Waals surface area contributed by atoms with E-state index in [4.69, 9.17) is 21.1 Å². The van der Waals surface area contributed by atoms with Gasteiger partial charge in [-0.2, -0.15) is 0 Å². The molecular weight excluding hydrogens is 322 g/mol. The summed E-state index contributed by atoms with van der Waals surface area (Å²) in [5.74, 6) is 0.565. The highest BCUT2D eigenvalue weighted by Crippen LogP contribution is 2.24. The Morgan fingerprint density at radius 3 is 2.82 bits per heavy atom. The molecule has 22 heavy (non-hydrogen) atoms. The minimum absolute atomic E-state index is 0.195. The lowest BCUT2D eigenvalue weighted by atomic mass is 10.2. The van der Waals surface area contributed by atoms with Crippen molar-refractivity contribution in [2.45, 2.75) is 18.9 Å². The molecule has 0 bridgehead atoms. The standard InChI is InChI=1S/C16H16ClNO3S/c17-14-7-9-22-15(14)16(19)18-11-3-5-12(6-4-11)21-10-13-2-1-8-20-13/h3-7,9,13H,1-2,8,10H2,(H,18,19). The van der Waals surface area contributed by atoms with Crippen molar-refractivity contribution in [1.29, 1.82) is 0 Å². The van der Waals surface area contributed by atoms with Crippen LogP contribution in [0.25, 0.3) is 0 Å². The van der Waals surface area contributed by atoms with Gasteiger partial charge in [-0.15, -0.1) is 11.3 Å². The molecule has 3 rings (SSSR count). The van der Waals surface area contributed by atoms with Gasteiger partial charge in [-0.25, -0.2) is 0 Å². The van der Waals surface area contributed by atoms with Gasteiger partial charge in [0.15, 0.2) is 0 Å². The zero-order valence-corrected chi connectivity index (χ0v) is 13.5. The van der Waals surface area contributed by atoms with Gasteiger partial charge >= 0.3 is 0 Å². The van der Waals surface area contributed by atoms with E-state index in [9.17, 15) is 4.79 Å². The first-order valence-corrected chi connectivity index (χ1v) is 8.37. The van der Waals surface area contributed by atoms with Crippen LogP contribution in [-0.4, -0.2) is 25.2 Å². The third-order valence-electron chi connectivity index (χ3n) is 3.40. The van der Waals surface area contributed by atoms with Crippen molar-refractivity contribution in [3.63, 3.8) is 0 Å². The minimum atomic E-state index is -0.201. The second kappa shape index (κ2) is 7.13. The highest BCUT2D eigenvalue weighted by atomic mass is 35.5. The number of rotatable bonds is 5. The predicted molar refractivity (Wildman–Crippen MR) is 88.2 cm³/mol. The summed E-state index contributed by atoms with van der Waals surface area (Å²) in [7, 11) is 0. The Morgan fingerprint density at radius 1 is 1.36 bits per heavy atom. The van der Waals surface area contributed by atoms with Gasteiger partial charge < -0.3 is 14.8 Å². The smallest absolute Gasteiger partial charge is 0.267 e. The van der Waals surface area contributed by atoms with E-state index < -0.39 is 0 Å². The Hall–Kier alpha value is -1.56. The summed E-state index contributed by atoms with van der Waals surface area (Å²) in [6.07, 6.45) is 2.35. The van der Waals surface area contributed by atoms with E-state index in [1.54, 1.807) is 11.4 Å². The molecule has 0 aliphatic carbocycles. The van der Waals surface area contributed by atoms with Crippen LogP contribution >= 0.6 is 22.9 Å². The lowest BCUT2D eigenvalue weighted by Crippen LogP contribution is -2.16. The number of halogens is 1. The molecule has 1 saturated heterocycles. The lowest BCUT2D eigenvalue weighted by molar-refractivity contribution is 0.0679. The quantitative estimate of drug-likeness (QED) is 0.889. The Balaban J connectivity index is 1.54.